The SMILES string of the molecule is COc1cc2c(cc1C[13c]1[13cH][13cH][13cH][13c](Cl)[13c]1F)c(=O)c(C(=O)O)cn2[C@H](CO)C(C)C. The van der Waals surface area contributed by atoms with Crippen LogP contribution in [0.3, 0.4) is 0 Å². The number of aliphatic hydroxyl groups is 1. The molecule has 3 aromatic rings. The standard InChI is InChI=1S/C23H23ClFNO5/c1-12(2)19(11-27)26-10-16(23(29)30)22(28)15-8-14(20(31-3)9-18(15)26)7-13-5-4-6-17(24)21(13)25/h4-6,8-10,12,19,27H,7,11H2,1-3H3,(H,29,30)/t19-/m1/s1/i4+1,5+1,6+1,13+1,17+1,21+1. The van der Waals surface area contributed by atoms with Crippen LogP contribution in [0.2, 0.25) is 5.02 Å². The van der Waals surface area contributed by atoms with E-state index in [0.717, 1.165) is 0 Å². The van der Waals surface area contributed by atoms with Gasteiger partial charge in [-0.1, -0.05) is 37.6 Å². The Labute approximate surface area is 183 Å². The fourth-order valence-corrected chi connectivity index (χ4v) is 3.88. The molecule has 0 amide bonds. The van der Waals surface area contributed by atoms with Gasteiger partial charge in [0, 0.05) is 24.1 Å². The molecule has 31 heavy (non-hydrogen) atoms. The van der Waals surface area contributed by atoms with Gasteiger partial charge in [-0.05, 0) is 29.2 Å². The van der Waals surface area contributed by atoms with Crippen LogP contribution in [0.4, 0.5) is 4.39 Å². The smallest absolute Gasteiger partial charge is 0.341 e. The largest absolute Gasteiger partial charge is 0.496 e. The normalized spacial score (nSPS) is 12.4. The first-order valence-corrected chi connectivity index (χ1v) is 10.1. The summed E-state index contributed by atoms with van der Waals surface area (Å²) in [5.41, 5.74) is 0.184. The maximum absolute atomic E-state index is 14.4. The molecule has 0 aliphatic heterocycles. The van der Waals surface area contributed by atoms with Gasteiger partial charge in [0.15, 0.2) is 0 Å². The number of rotatable bonds is 7. The number of halogens is 2. The van der Waals surface area contributed by atoms with Crippen LogP contribution in [0.15, 0.2) is 41.3 Å². The molecule has 164 valence electrons. The van der Waals surface area contributed by atoms with Gasteiger partial charge < -0.3 is 19.5 Å². The summed E-state index contributed by atoms with van der Waals surface area (Å²) < 4.78 is 21.5. The molecule has 0 spiro atoms. The Kier molecular flexibility index (Phi) is 6.67. The molecule has 2 aromatic carbocycles. The molecule has 0 saturated heterocycles. The first-order chi connectivity index (χ1) is 14.7. The first-order valence-electron chi connectivity index (χ1n) is 9.72. The molecule has 8 heteroatoms. The van der Waals surface area contributed by atoms with Crippen molar-refractivity contribution in [2.75, 3.05) is 13.7 Å². The second-order valence-electron chi connectivity index (χ2n) is 7.65. The number of pyridine rings is 1. The van der Waals surface area contributed by atoms with E-state index in [4.69, 9.17) is 16.3 Å². The predicted molar refractivity (Wildman–Crippen MR) is 117 cm³/mol. The number of carbonyl (C=O) groups is 1. The molecule has 1 atom stereocenters. The van der Waals surface area contributed by atoms with E-state index in [1.807, 2.05) is 13.8 Å². The second kappa shape index (κ2) is 9.08. The maximum Gasteiger partial charge on any atom is 0.341 e. The first kappa shape index (κ1) is 22.8. The monoisotopic (exact) mass is 453 g/mol. The Morgan fingerprint density at radius 2 is 1.97 bits per heavy atom. The number of carboxylic acids is 1. The Morgan fingerprint density at radius 3 is 2.55 bits per heavy atom. The van der Waals surface area contributed by atoms with E-state index in [2.05, 4.69) is 0 Å². The molecule has 0 bridgehead atoms. The summed E-state index contributed by atoms with van der Waals surface area (Å²) in [6, 6.07) is 7.33. The number of ether oxygens (including phenoxy) is 1. The number of aliphatic hydroxyl groups excluding tert-OH is 1. The number of hydrogen-bond donors (Lipinski definition) is 2. The Hall–Kier alpha value is -2.90. The molecule has 0 unspecified atom stereocenters. The van der Waals surface area contributed by atoms with Gasteiger partial charge in [0.05, 0.1) is 30.3 Å². The fourth-order valence-electron chi connectivity index (χ4n) is 3.69. The molecule has 0 aliphatic carbocycles. The van der Waals surface area contributed by atoms with Crippen LogP contribution < -0.4 is 10.2 Å². The highest BCUT2D eigenvalue weighted by atomic mass is 35.5. The van der Waals surface area contributed by atoms with Gasteiger partial charge in [-0.25, -0.2) is 9.18 Å². The third-order valence-electron chi connectivity index (χ3n) is 5.39. The van der Waals surface area contributed by atoms with Crippen molar-refractivity contribution in [1.82, 2.24) is 4.57 Å². The molecule has 1 aromatic heterocycles. The zero-order chi connectivity index (χ0) is 22.9. The second-order valence-corrected chi connectivity index (χ2v) is 8.06. The molecule has 0 radical (unpaired) electrons. The maximum atomic E-state index is 14.4. The molecule has 0 saturated carbocycles. The van der Waals surface area contributed by atoms with Gasteiger partial charge in [0.1, 0.15) is 17.1 Å². The van der Waals surface area contributed by atoms with Crippen LogP contribution in [-0.4, -0.2) is 34.5 Å². The predicted octanol–water partition coefficient (Wildman–Crippen LogP) is 4.28. The van der Waals surface area contributed by atoms with Crippen LogP contribution >= 0.6 is 11.6 Å². The highest BCUT2D eigenvalue weighted by Crippen LogP contribution is 2.31. The zero-order valence-electron chi connectivity index (χ0n) is 17.4. The number of hydrogen-bond acceptors (Lipinski definition) is 4. The van der Waals surface area contributed by atoms with E-state index in [0.29, 0.717) is 22.4 Å². The van der Waals surface area contributed by atoms with E-state index in [1.54, 1.807) is 22.8 Å². The Morgan fingerprint density at radius 1 is 1.26 bits per heavy atom. The lowest BCUT2D eigenvalue weighted by atomic mass is 10.0. The van der Waals surface area contributed by atoms with Gasteiger partial charge in [-0.3, -0.25) is 4.79 Å². The van der Waals surface area contributed by atoms with E-state index >= 15 is 0 Å². The van der Waals surface area contributed by atoms with Crippen molar-refractivity contribution in [3.8, 4) is 5.75 Å². The third kappa shape index (κ3) is 4.29. The summed E-state index contributed by atoms with van der Waals surface area (Å²) in [7, 11) is 1.46. The minimum atomic E-state index is -1.36. The number of carboxylic acid groups (broad SMARTS) is 1. The molecule has 1 heterocycles. The van der Waals surface area contributed by atoms with Crippen molar-refractivity contribution in [3.05, 3.63) is 74.3 Å². The molecule has 2 N–H and O–H groups in total. The molecule has 3 rings (SSSR count). The van der Waals surface area contributed by atoms with Crippen molar-refractivity contribution < 1.29 is 24.1 Å². The molecular formula is C23H23ClFNO5. The molecular weight excluding hydrogens is 431 g/mol. The summed E-state index contributed by atoms with van der Waals surface area (Å²) in [5, 5.41) is 19.6. The lowest BCUT2D eigenvalue weighted by Crippen LogP contribution is -2.25. The van der Waals surface area contributed by atoms with Crippen LogP contribution in [0.1, 0.15) is 41.4 Å². The van der Waals surface area contributed by atoms with Crippen LogP contribution in [0.25, 0.3) is 10.9 Å². The van der Waals surface area contributed by atoms with Crippen LogP contribution in [-0.2, 0) is 6.42 Å². The minimum Gasteiger partial charge on any atom is -0.496 e. The third-order valence-corrected chi connectivity index (χ3v) is 5.68. The number of methoxy groups -OCH3 is 1. The van der Waals surface area contributed by atoms with E-state index in [-0.39, 0.29) is 29.4 Å². The number of aromatic nitrogens is 1. The summed E-state index contributed by atoms with van der Waals surface area (Å²) in [6.07, 6.45) is 1.35. The molecule has 6 nitrogen and oxygen atoms in total. The average molecular weight is 454 g/mol. The minimum absolute atomic E-state index is 0.0181. The van der Waals surface area contributed by atoms with Gasteiger partial charge in [0.2, 0.25) is 5.43 Å². The summed E-state index contributed by atoms with van der Waals surface area (Å²) >= 11 is 5.88. The summed E-state index contributed by atoms with van der Waals surface area (Å²) in [6.45, 7) is 3.53. The van der Waals surface area contributed by atoms with Crippen molar-refractivity contribution in [3.63, 3.8) is 0 Å². The zero-order valence-corrected chi connectivity index (χ0v) is 18.1. The fraction of sp³-hybridized carbons (Fsp3) is 0.304. The Balaban J connectivity index is 2.32. The highest BCUT2D eigenvalue weighted by molar-refractivity contribution is 6.30. The number of nitrogens with zero attached hydrogens (tertiary/aromatic N) is 1. The van der Waals surface area contributed by atoms with E-state index in [9.17, 15) is 24.2 Å². The van der Waals surface area contributed by atoms with Crippen molar-refractivity contribution in [2.24, 2.45) is 5.92 Å². The van der Waals surface area contributed by atoms with Gasteiger partial charge in [-0.15, -0.1) is 0 Å². The number of benzene rings is 2. The Bertz CT molecular complexity index is 1200. The lowest BCUT2D eigenvalue weighted by Gasteiger charge is -2.25. The van der Waals surface area contributed by atoms with Crippen LogP contribution in [0, 0.1) is 11.7 Å². The number of fused-ring (bicyclic) bond motifs is 1. The van der Waals surface area contributed by atoms with Gasteiger partial charge in [0.25, 0.3) is 0 Å². The quantitative estimate of drug-likeness (QED) is 0.557. The topological polar surface area (TPSA) is 88.8 Å². The number of aromatic carboxylic acids is 1. The molecule has 0 aliphatic rings. The average Bonchev–Trinajstić information content (AvgIpc) is 2.72. The summed E-state index contributed by atoms with van der Waals surface area (Å²) in [5.74, 6) is -1.56. The van der Waals surface area contributed by atoms with E-state index in [1.165, 1.54) is 25.4 Å². The van der Waals surface area contributed by atoms with E-state index < -0.39 is 28.8 Å². The van der Waals surface area contributed by atoms with Gasteiger partial charge >= 0.3 is 5.97 Å². The van der Waals surface area contributed by atoms with Crippen molar-refractivity contribution in [2.45, 2.75) is 26.3 Å². The van der Waals surface area contributed by atoms with Gasteiger partial charge in [-0.2, -0.15) is 0 Å². The molecule has 0 fully saturated rings. The van der Waals surface area contributed by atoms with Crippen molar-refractivity contribution >= 4 is 28.5 Å². The van der Waals surface area contributed by atoms with Crippen LogP contribution in [0.5, 0.6) is 5.75 Å². The highest BCUT2D eigenvalue weighted by Gasteiger charge is 2.23. The lowest BCUT2D eigenvalue weighted by molar-refractivity contribution is 0.0694. The van der Waals surface area contributed by atoms with Crippen molar-refractivity contribution in [1.29, 1.82) is 0 Å². The summed E-state index contributed by atoms with van der Waals surface area (Å²) in [4.78, 5) is 24.7.